The summed E-state index contributed by atoms with van der Waals surface area (Å²) in [5.74, 6) is -3.38. The van der Waals surface area contributed by atoms with E-state index in [2.05, 4.69) is 41.0 Å². The van der Waals surface area contributed by atoms with Gasteiger partial charge in [0.25, 0.3) is 0 Å². The maximum absolute atomic E-state index is 13.4. The number of amides is 3. The second-order valence-corrected chi connectivity index (χ2v) is 11.5. The highest BCUT2D eigenvalue weighted by atomic mass is 16.4. The fourth-order valence-corrected chi connectivity index (χ4v) is 4.99. The molecule has 0 aliphatic heterocycles. The molecule has 3 aromatic rings. The van der Waals surface area contributed by atoms with Crippen LogP contribution < -0.4 is 16.4 Å². The van der Waals surface area contributed by atoms with Crippen LogP contribution in [0.1, 0.15) is 52.5 Å². The number of carbonyl (C=O) groups is 4. The second-order valence-electron chi connectivity index (χ2n) is 11.5. The van der Waals surface area contributed by atoms with Gasteiger partial charge in [0, 0.05) is 12.3 Å². The molecule has 3 rings (SSSR count). The van der Waals surface area contributed by atoms with Crippen LogP contribution in [-0.2, 0) is 25.6 Å². The minimum absolute atomic E-state index is 0.0883. The lowest BCUT2D eigenvalue weighted by Crippen LogP contribution is -2.54. The molecule has 0 radical (unpaired) electrons. The smallest absolute Gasteiger partial charge is 0.304 e. The van der Waals surface area contributed by atoms with Crippen molar-refractivity contribution >= 4 is 34.5 Å². The molecule has 0 heterocycles. The number of carbonyl (C=O) groups excluding carboxylic acids is 3. The van der Waals surface area contributed by atoms with Gasteiger partial charge in [-0.1, -0.05) is 88.4 Å². The molecule has 3 aromatic carbocycles. The first-order valence-electron chi connectivity index (χ1n) is 14.1. The number of benzene rings is 3. The molecule has 0 aliphatic rings. The van der Waals surface area contributed by atoms with E-state index in [0.717, 1.165) is 27.5 Å². The van der Waals surface area contributed by atoms with Gasteiger partial charge in [0.1, 0.15) is 12.1 Å². The first-order valence-corrected chi connectivity index (χ1v) is 14.1. The van der Waals surface area contributed by atoms with E-state index in [-0.39, 0.29) is 24.7 Å². The fourth-order valence-electron chi connectivity index (χ4n) is 4.99. The van der Waals surface area contributed by atoms with Crippen LogP contribution in [-0.4, -0.2) is 40.9 Å². The van der Waals surface area contributed by atoms with Gasteiger partial charge in [-0.3, -0.25) is 19.2 Å². The van der Waals surface area contributed by atoms with Crippen molar-refractivity contribution in [1.82, 2.24) is 10.6 Å². The number of hydrogen-bond donors (Lipinski definition) is 4. The Labute approximate surface area is 241 Å². The molecule has 0 bridgehead atoms. The Bertz CT molecular complexity index is 1370. The summed E-state index contributed by atoms with van der Waals surface area (Å²) in [6.07, 6.45) is 0.543. The Kier molecular flexibility index (Phi) is 11.0. The number of rotatable bonds is 14. The molecule has 41 heavy (non-hydrogen) atoms. The van der Waals surface area contributed by atoms with E-state index in [1.807, 2.05) is 64.1 Å². The SMILES string of the molecule is CC(C)C[C@H](CC(=O)O)C(=O)N[C@H](Cc1ccc(-c2ccc3ccccc3c2)cc1)C(=O)N[C@@H](CC(C)C)C(N)=O. The maximum atomic E-state index is 13.4. The van der Waals surface area contributed by atoms with Crippen LogP contribution >= 0.6 is 0 Å². The minimum atomic E-state index is -1.08. The van der Waals surface area contributed by atoms with Crippen molar-refractivity contribution in [3.05, 3.63) is 72.3 Å². The van der Waals surface area contributed by atoms with Crippen molar-refractivity contribution in [3.8, 4) is 11.1 Å². The van der Waals surface area contributed by atoms with E-state index in [9.17, 15) is 24.3 Å². The third-order valence-corrected chi connectivity index (χ3v) is 7.02. The largest absolute Gasteiger partial charge is 0.481 e. The molecule has 0 fully saturated rings. The van der Waals surface area contributed by atoms with Crippen LogP contribution in [0.15, 0.2) is 66.7 Å². The van der Waals surface area contributed by atoms with Gasteiger partial charge >= 0.3 is 5.97 Å². The summed E-state index contributed by atoms with van der Waals surface area (Å²) in [6.45, 7) is 7.65. The Balaban J connectivity index is 1.84. The van der Waals surface area contributed by atoms with Gasteiger partial charge in [0.2, 0.25) is 17.7 Å². The molecule has 0 spiro atoms. The van der Waals surface area contributed by atoms with Crippen molar-refractivity contribution in [1.29, 1.82) is 0 Å². The molecule has 8 heteroatoms. The molecule has 8 nitrogen and oxygen atoms in total. The van der Waals surface area contributed by atoms with E-state index in [0.29, 0.717) is 12.8 Å². The lowest BCUT2D eigenvalue weighted by molar-refractivity contribution is -0.142. The number of nitrogens with two attached hydrogens (primary N) is 1. The molecule has 3 amide bonds. The Morgan fingerprint density at radius 2 is 1.32 bits per heavy atom. The number of fused-ring (bicyclic) bond motifs is 1. The summed E-state index contributed by atoms with van der Waals surface area (Å²) in [5, 5.41) is 17.1. The number of aliphatic carboxylic acids is 1. The van der Waals surface area contributed by atoms with Crippen molar-refractivity contribution < 1.29 is 24.3 Å². The molecule has 0 saturated carbocycles. The van der Waals surface area contributed by atoms with Crippen molar-refractivity contribution in [2.24, 2.45) is 23.5 Å². The summed E-state index contributed by atoms with van der Waals surface area (Å²) in [7, 11) is 0. The molecule has 5 N–H and O–H groups in total. The average molecular weight is 560 g/mol. The zero-order valence-corrected chi connectivity index (χ0v) is 24.2. The highest BCUT2D eigenvalue weighted by molar-refractivity contribution is 5.93. The lowest BCUT2D eigenvalue weighted by atomic mass is 9.92. The summed E-state index contributed by atoms with van der Waals surface area (Å²) in [6, 6.07) is 20.2. The Morgan fingerprint density at radius 1 is 0.732 bits per heavy atom. The average Bonchev–Trinajstić information content (AvgIpc) is 2.91. The van der Waals surface area contributed by atoms with Crippen LogP contribution in [0.5, 0.6) is 0 Å². The summed E-state index contributed by atoms with van der Waals surface area (Å²) >= 11 is 0. The zero-order chi connectivity index (χ0) is 30.1. The van der Waals surface area contributed by atoms with Gasteiger partial charge in [-0.2, -0.15) is 0 Å². The third-order valence-electron chi connectivity index (χ3n) is 7.02. The van der Waals surface area contributed by atoms with Gasteiger partial charge in [-0.15, -0.1) is 0 Å². The molecule has 0 aliphatic carbocycles. The lowest BCUT2D eigenvalue weighted by Gasteiger charge is -2.25. The van der Waals surface area contributed by atoms with E-state index in [1.165, 1.54) is 0 Å². The first-order chi connectivity index (χ1) is 19.4. The molecule has 0 saturated heterocycles. The van der Waals surface area contributed by atoms with Crippen molar-refractivity contribution in [2.45, 2.75) is 65.5 Å². The zero-order valence-electron chi connectivity index (χ0n) is 24.2. The molecule has 0 aromatic heterocycles. The van der Waals surface area contributed by atoms with Crippen LogP contribution in [0.25, 0.3) is 21.9 Å². The fraction of sp³-hybridized carbons (Fsp3) is 0.394. The predicted molar refractivity (Wildman–Crippen MR) is 161 cm³/mol. The van der Waals surface area contributed by atoms with Crippen LogP contribution in [0.2, 0.25) is 0 Å². The third kappa shape index (κ3) is 9.45. The molecule has 3 atom stereocenters. The summed E-state index contributed by atoms with van der Waals surface area (Å²) in [5.41, 5.74) is 8.41. The number of hydrogen-bond acceptors (Lipinski definition) is 4. The van der Waals surface area contributed by atoms with E-state index >= 15 is 0 Å². The van der Waals surface area contributed by atoms with Crippen LogP contribution in [0.4, 0.5) is 0 Å². The van der Waals surface area contributed by atoms with E-state index in [4.69, 9.17) is 5.73 Å². The number of carboxylic acid groups (broad SMARTS) is 1. The second kappa shape index (κ2) is 14.4. The van der Waals surface area contributed by atoms with Gasteiger partial charge in [-0.05, 0) is 58.2 Å². The van der Waals surface area contributed by atoms with Crippen LogP contribution in [0, 0.1) is 17.8 Å². The summed E-state index contributed by atoms with van der Waals surface area (Å²) in [4.78, 5) is 50.1. The standard InChI is InChI=1S/C33H41N3O5/c1-20(2)15-27(19-30(37)38)32(40)36-29(33(41)35-28(31(34)39)16-21(3)4)17-22-9-11-24(12-10-22)26-14-13-23-7-5-6-8-25(23)18-26/h5-14,18,20-21,27-29H,15-17,19H2,1-4H3,(H2,34,39)(H,35,41)(H,36,40)(H,37,38)/t27-,28+,29-/m1/s1. The first kappa shape index (κ1) is 31.3. The Morgan fingerprint density at radius 3 is 1.90 bits per heavy atom. The quantitative estimate of drug-likeness (QED) is 0.227. The molecular formula is C33H41N3O5. The minimum Gasteiger partial charge on any atom is -0.481 e. The molecular weight excluding hydrogens is 518 g/mol. The highest BCUT2D eigenvalue weighted by Crippen LogP contribution is 2.25. The highest BCUT2D eigenvalue weighted by Gasteiger charge is 2.30. The Hall–Kier alpha value is -4.20. The number of carboxylic acids is 1. The van der Waals surface area contributed by atoms with Crippen molar-refractivity contribution in [3.63, 3.8) is 0 Å². The summed E-state index contributed by atoms with van der Waals surface area (Å²) < 4.78 is 0. The van der Waals surface area contributed by atoms with Gasteiger partial charge in [-0.25, -0.2) is 0 Å². The van der Waals surface area contributed by atoms with E-state index < -0.39 is 41.7 Å². The normalized spacial score (nSPS) is 13.5. The van der Waals surface area contributed by atoms with Crippen LogP contribution in [0.3, 0.4) is 0 Å². The van der Waals surface area contributed by atoms with Gasteiger partial charge in [0.05, 0.1) is 6.42 Å². The van der Waals surface area contributed by atoms with Gasteiger partial charge in [0.15, 0.2) is 0 Å². The number of nitrogens with one attached hydrogen (secondary N) is 2. The number of primary amides is 1. The topological polar surface area (TPSA) is 139 Å². The van der Waals surface area contributed by atoms with Crippen molar-refractivity contribution in [2.75, 3.05) is 0 Å². The monoisotopic (exact) mass is 559 g/mol. The van der Waals surface area contributed by atoms with E-state index in [1.54, 1.807) is 0 Å². The molecule has 0 unspecified atom stereocenters. The maximum Gasteiger partial charge on any atom is 0.304 e. The van der Waals surface area contributed by atoms with Gasteiger partial charge < -0.3 is 21.5 Å². The molecule has 218 valence electrons. The predicted octanol–water partition coefficient (Wildman–Crippen LogP) is 4.69.